The maximum absolute atomic E-state index is 14.5. The van der Waals surface area contributed by atoms with E-state index in [0.29, 0.717) is 33.9 Å². The molecule has 166 valence electrons. The minimum Gasteiger partial charge on any atom is -0.387 e. The quantitative estimate of drug-likeness (QED) is 0.435. The molecule has 9 heteroatoms. The highest BCUT2D eigenvalue weighted by atomic mass is 19.3. The van der Waals surface area contributed by atoms with Crippen molar-refractivity contribution < 1.29 is 19.0 Å². The van der Waals surface area contributed by atoms with Gasteiger partial charge in [0.25, 0.3) is 5.92 Å². The van der Waals surface area contributed by atoms with Crippen molar-refractivity contribution in [2.24, 2.45) is 0 Å². The van der Waals surface area contributed by atoms with Crippen LogP contribution in [0, 0.1) is 6.92 Å². The van der Waals surface area contributed by atoms with Crippen molar-refractivity contribution in [3.05, 3.63) is 65.7 Å². The van der Waals surface area contributed by atoms with E-state index in [1.165, 1.54) is 12.1 Å². The summed E-state index contributed by atoms with van der Waals surface area (Å²) < 4.78 is 30.6. The van der Waals surface area contributed by atoms with E-state index in [4.69, 9.17) is 5.73 Å². The summed E-state index contributed by atoms with van der Waals surface area (Å²) in [4.78, 5) is 13.0. The molecule has 1 aromatic carbocycles. The third kappa shape index (κ3) is 3.69. The summed E-state index contributed by atoms with van der Waals surface area (Å²) in [5.41, 5.74) is 9.81. The van der Waals surface area contributed by atoms with Crippen LogP contribution in [0.25, 0.3) is 28.2 Å². The molecule has 7 nitrogen and oxygen atoms in total. The van der Waals surface area contributed by atoms with E-state index in [0.717, 1.165) is 12.5 Å². The van der Waals surface area contributed by atoms with E-state index in [9.17, 15) is 19.0 Å². The Labute approximate surface area is 183 Å². The number of imidazole rings is 1. The maximum atomic E-state index is 14.5. The lowest BCUT2D eigenvalue weighted by Gasteiger charge is -2.21. The number of anilines is 1. The SMILES string of the molecule is Cc1ccc(C(F)(F)C(C)O)cc1-c1cnc2c(N)nc(-c3ccc(C(C)O)nc3)cn12. The molecule has 32 heavy (non-hydrogen) atoms. The van der Waals surface area contributed by atoms with E-state index in [-0.39, 0.29) is 11.4 Å². The zero-order valence-electron chi connectivity index (χ0n) is 17.8. The van der Waals surface area contributed by atoms with Gasteiger partial charge in [0.05, 0.1) is 29.4 Å². The Morgan fingerprint density at radius 3 is 2.44 bits per heavy atom. The Hall–Kier alpha value is -3.43. The van der Waals surface area contributed by atoms with Crippen LogP contribution >= 0.6 is 0 Å². The average molecular weight is 439 g/mol. The number of aliphatic hydroxyl groups excluding tert-OH is 2. The predicted octanol–water partition coefficient (Wildman–Crippen LogP) is 3.87. The fraction of sp³-hybridized carbons (Fsp3) is 0.261. The second-order valence-corrected chi connectivity index (χ2v) is 7.82. The molecular formula is C23H23F2N5O2. The molecule has 2 atom stereocenters. The minimum absolute atomic E-state index is 0.177. The Morgan fingerprint density at radius 2 is 1.81 bits per heavy atom. The minimum atomic E-state index is -3.40. The molecule has 4 aromatic rings. The summed E-state index contributed by atoms with van der Waals surface area (Å²) in [7, 11) is 0. The van der Waals surface area contributed by atoms with Gasteiger partial charge >= 0.3 is 0 Å². The lowest BCUT2D eigenvalue weighted by Crippen LogP contribution is -2.28. The van der Waals surface area contributed by atoms with Gasteiger partial charge in [-0.3, -0.25) is 9.38 Å². The van der Waals surface area contributed by atoms with Crippen molar-refractivity contribution in [2.45, 2.75) is 38.9 Å². The zero-order chi connectivity index (χ0) is 23.2. The number of halogens is 2. The molecule has 0 aliphatic rings. The van der Waals surface area contributed by atoms with Crippen molar-refractivity contribution in [2.75, 3.05) is 5.73 Å². The topological polar surface area (TPSA) is 110 Å². The van der Waals surface area contributed by atoms with Crippen molar-refractivity contribution >= 4 is 11.5 Å². The van der Waals surface area contributed by atoms with Crippen LogP contribution in [0.4, 0.5) is 14.6 Å². The number of benzene rings is 1. The highest BCUT2D eigenvalue weighted by Gasteiger charge is 2.37. The number of fused-ring (bicyclic) bond motifs is 1. The molecule has 0 saturated carbocycles. The molecule has 0 aliphatic heterocycles. The van der Waals surface area contributed by atoms with E-state index in [1.54, 1.807) is 48.1 Å². The van der Waals surface area contributed by atoms with Gasteiger partial charge < -0.3 is 15.9 Å². The molecule has 3 aromatic heterocycles. The fourth-order valence-electron chi connectivity index (χ4n) is 3.50. The lowest BCUT2D eigenvalue weighted by molar-refractivity contribution is -0.106. The highest BCUT2D eigenvalue weighted by Crippen LogP contribution is 2.36. The van der Waals surface area contributed by atoms with Gasteiger partial charge in [-0.1, -0.05) is 12.1 Å². The van der Waals surface area contributed by atoms with Crippen molar-refractivity contribution in [1.29, 1.82) is 0 Å². The van der Waals surface area contributed by atoms with E-state index >= 15 is 0 Å². The normalized spacial score (nSPS) is 14.0. The summed E-state index contributed by atoms with van der Waals surface area (Å²) in [5.74, 6) is -3.22. The standard InChI is InChI=1S/C23H23F2N5O2/c1-12-4-6-16(23(24,25)14(3)32)8-17(12)20-10-28-22-21(26)29-19(11-30(20)22)15-5-7-18(13(2)31)27-9-15/h4-11,13-14,31-32H,1-3H3,(H2,26,29). The molecule has 3 heterocycles. The molecule has 0 saturated heterocycles. The molecule has 4 N–H and O–H groups in total. The number of hydrogen-bond acceptors (Lipinski definition) is 6. The number of pyridine rings is 1. The molecule has 0 fully saturated rings. The number of hydrogen-bond donors (Lipinski definition) is 3. The Kier molecular flexibility index (Phi) is 5.39. The van der Waals surface area contributed by atoms with Crippen LogP contribution in [0.1, 0.15) is 36.8 Å². The van der Waals surface area contributed by atoms with Gasteiger partial charge in [0.15, 0.2) is 11.5 Å². The molecule has 0 bridgehead atoms. The Bertz CT molecular complexity index is 1280. The first-order valence-electron chi connectivity index (χ1n) is 10.0. The highest BCUT2D eigenvalue weighted by molar-refractivity contribution is 5.74. The maximum Gasteiger partial charge on any atom is 0.298 e. The number of alkyl halides is 2. The fourth-order valence-corrected chi connectivity index (χ4v) is 3.50. The summed E-state index contributed by atoms with van der Waals surface area (Å²) in [6, 6.07) is 7.73. The van der Waals surface area contributed by atoms with E-state index < -0.39 is 18.1 Å². The first-order valence-corrected chi connectivity index (χ1v) is 10.0. The molecule has 2 unspecified atom stereocenters. The summed E-state index contributed by atoms with van der Waals surface area (Å²) in [6.07, 6.45) is 2.33. The third-order valence-corrected chi connectivity index (χ3v) is 5.45. The summed E-state index contributed by atoms with van der Waals surface area (Å²) in [5, 5.41) is 19.2. The van der Waals surface area contributed by atoms with Crippen LogP contribution in [0.15, 0.2) is 48.9 Å². The average Bonchev–Trinajstić information content (AvgIpc) is 3.18. The van der Waals surface area contributed by atoms with Gasteiger partial charge in [0.2, 0.25) is 0 Å². The van der Waals surface area contributed by atoms with Crippen LogP contribution in [-0.2, 0) is 5.92 Å². The zero-order valence-corrected chi connectivity index (χ0v) is 17.8. The second kappa shape index (κ2) is 7.92. The van der Waals surface area contributed by atoms with Gasteiger partial charge in [-0.25, -0.2) is 9.97 Å². The largest absolute Gasteiger partial charge is 0.387 e. The van der Waals surface area contributed by atoms with E-state index in [1.807, 2.05) is 6.92 Å². The number of aliphatic hydroxyl groups is 2. The third-order valence-electron chi connectivity index (χ3n) is 5.45. The van der Waals surface area contributed by atoms with E-state index in [2.05, 4.69) is 15.0 Å². The number of rotatable bonds is 5. The van der Waals surface area contributed by atoms with Crippen LogP contribution in [0.2, 0.25) is 0 Å². The number of aryl methyl sites for hydroxylation is 1. The lowest BCUT2D eigenvalue weighted by atomic mass is 9.97. The van der Waals surface area contributed by atoms with Crippen molar-refractivity contribution in [3.63, 3.8) is 0 Å². The Balaban J connectivity index is 1.87. The van der Waals surface area contributed by atoms with Crippen LogP contribution in [-0.4, -0.2) is 35.7 Å². The van der Waals surface area contributed by atoms with Crippen LogP contribution in [0.3, 0.4) is 0 Å². The van der Waals surface area contributed by atoms with Gasteiger partial charge in [-0.15, -0.1) is 0 Å². The number of nitrogens with two attached hydrogens (primary N) is 1. The molecule has 0 spiro atoms. The smallest absolute Gasteiger partial charge is 0.298 e. The molecule has 0 radical (unpaired) electrons. The predicted molar refractivity (Wildman–Crippen MR) is 117 cm³/mol. The number of nitrogens with zero attached hydrogens (tertiary/aromatic N) is 4. The van der Waals surface area contributed by atoms with Crippen molar-refractivity contribution in [1.82, 2.24) is 19.4 Å². The molecular weight excluding hydrogens is 416 g/mol. The number of nitrogen functional groups attached to an aromatic ring is 1. The first kappa shape index (κ1) is 21.8. The summed E-state index contributed by atoms with van der Waals surface area (Å²) in [6.45, 7) is 4.49. The molecule has 0 aliphatic carbocycles. The van der Waals surface area contributed by atoms with Gasteiger partial charge in [-0.2, -0.15) is 8.78 Å². The second-order valence-electron chi connectivity index (χ2n) is 7.82. The number of aromatic nitrogens is 4. The Morgan fingerprint density at radius 1 is 1.06 bits per heavy atom. The van der Waals surface area contributed by atoms with Gasteiger partial charge in [-0.05, 0) is 44.5 Å². The summed E-state index contributed by atoms with van der Waals surface area (Å²) >= 11 is 0. The van der Waals surface area contributed by atoms with Crippen molar-refractivity contribution in [3.8, 4) is 22.5 Å². The first-order chi connectivity index (χ1) is 15.1. The molecule has 4 rings (SSSR count). The van der Waals surface area contributed by atoms with Gasteiger partial charge in [0.1, 0.15) is 6.10 Å². The monoisotopic (exact) mass is 439 g/mol. The van der Waals surface area contributed by atoms with Gasteiger partial charge in [0, 0.05) is 29.1 Å². The van der Waals surface area contributed by atoms with Crippen LogP contribution in [0.5, 0.6) is 0 Å². The van der Waals surface area contributed by atoms with Crippen LogP contribution < -0.4 is 5.73 Å². The molecule has 0 amide bonds.